The number of carbonyl (C=O) groups is 1. The van der Waals surface area contributed by atoms with Crippen molar-refractivity contribution in [1.82, 2.24) is 14.9 Å². The van der Waals surface area contributed by atoms with E-state index in [4.69, 9.17) is 0 Å². The average molecular weight is 428 g/mol. The Morgan fingerprint density at radius 2 is 2.29 bits per heavy atom. The van der Waals surface area contributed by atoms with Crippen LogP contribution in [0.1, 0.15) is 30.2 Å². The number of rotatable bonds is 4. The van der Waals surface area contributed by atoms with Gasteiger partial charge in [-0.3, -0.25) is 4.79 Å². The molecule has 0 spiro atoms. The van der Waals surface area contributed by atoms with E-state index in [0.29, 0.717) is 11.6 Å². The van der Waals surface area contributed by atoms with E-state index >= 15 is 0 Å². The number of aromatic nitrogens is 2. The minimum absolute atomic E-state index is 0.0475. The van der Waals surface area contributed by atoms with E-state index in [0.717, 1.165) is 56.8 Å². The van der Waals surface area contributed by atoms with Crippen LogP contribution in [-0.2, 0) is 4.79 Å². The lowest BCUT2D eigenvalue weighted by Gasteiger charge is -2.19. The zero-order valence-electron chi connectivity index (χ0n) is 17.1. The van der Waals surface area contributed by atoms with Crippen molar-refractivity contribution in [3.8, 4) is 6.07 Å². The Balaban J connectivity index is 1.47. The van der Waals surface area contributed by atoms with Gasteiger partial charge in [0.2, 0.25) is 5.91 Å². The molecule has 5 rings (SSSR count). The molecule has 0 radical (unpaired) electrons. The fourth-order valence-electron chi connectivity index (χ4n) is 4.09. The van der Waals surface area contributed by atoms with E-state index in [1.54, 1.807) is 12.3 Å². The van der Waals surface area contributed by atoms with E-state index in [2.05, 4.69) is 28.3 Å². The first-order valence-corrected chi connectivity index (χ1v) is 11.1. The fraction of sp³-hybridized carbons (Fsp3) is 0.208. The van der Waals surface area contributed by atoms with Gasteiger partial charge in [0.05, 0.1) is 11.3 Å². The topological polar surface area (TPSA) is 84.8 Å². The van der Waals surface area contributed by atoms with Crippen LogP contribution in [0.4, 0.5) is 11.4 Å². The van der Waals surface area contributed by atoms with Crippen LogP contribution in [0.15, 0.2) is 48.8 Å². The molecule has 1 unspecified atom stereocenters. The summed E-state index contributed by atoms with van der Waals surface area (Å²) in [5.41, 5.74) is 3.18. The number of fused-ring (bicyclic) bond motifs is 2. The zero-order chi connectivity index (χ0) is 21.4. The van der Waals surface area contributed by atoms with Crippen LogP contribution in [0.3, 0.4) is 0 Å². The molecule has 4 heterocycles. The summed E-state index contributed by atoms with van der Waals surface area (Å²) in [6.07, 6.45) is 9.12. The first kappa shape index (κ1) is 19.3. The smallest absolute Gasteiger partial charge is 0.246 e. The first-order valence-electron chi connectivity index (χ1n) is 10.3. The van der Waals surface area contributed by atoms with Crippen molar-refractivity contribution in [3.05, 3.63) is 59.2 Å². The van der Waals surface area contributed by atoms with E-state index in [-0.39, 0.29) is 5.91 Å². The van der Waals surface area contributed by atoms with Gasteiger partial charge in [0, 0.05) is 57.9 Å². The maximum absolute atomic E-state index is 12.5. The van der Waals surface area contributed by atoms with Gasteiger partial charge in [0.15, 0.2) is 0 Å². The van der Waals surface area contributed by atoms with Gasteiger partial charge < -0.3 is 15.2 Å². The van der Waals surface area contributed by atoms with Crippen LogP contribution in [0, 0.1) is 11.3 Å². The number of amides is 1. The molecule has 2 N–H and O–H groups in total. The number of likely N-dealkylation sites (tertiary alicyclic amines) is 1. The highest BCUT2D eigenvalue weighted by Crippen LogP contribution is 2.35. The molecule has 0 saturated carbocycles. The van der Waals surface area contributed by atoms with Crippen molar-refractivity contribution in [2.75, 3.05) is 11.9 Å². The lowest BCUT2D eigenvalue weighted by atomic mass is 10.1. The predicted octanol–water partition coefficient (Wildman–Crippen LogP) is 5.42. The monoisotopic (exact) mass is 427 g/mol. The first-order chi connectivity index (χ1) is 15.1. The number of nitrogens with zero attached hydrogens (tertiary/aromatic N) is 3. The number of carbonyl (C=O) groups excluding carboxylic acids is 1. The molecule has 1 atom stereocenters. The molecule has 6 nitrogen and oxygen atoms in total. The molecule has 0 aliphatic carbocycles. The number of aromatic amines is 1. The molecular weight excluding hydrogens is 406 g/mol. The number of thiophene rings is 1. The molecule has 1 fully saturated rings. The van der Waals surface area contributed by atoms with Crippen LogP contribution in [0.2, 0.25) is 0 Å². The predicted molar refractivity (Wildman–Crippen MR) is 125 cm³/mol. The van der Waals surface area contributed by atoms with E-state index in [9.17, 15) is 10.1 Å². The minimum atomic E-state index is 0.0475. The van der Waals surface area contributed by atoms with Gasteiger partial charge in [-0.1, -0.05) is 0 Å². The summed E-state index contributed by atoms with van der Waals surface area (Å²) in [6.45, 7) is 2.91. The molecule has 7 heteroatoms. The summed E-state index contributed by atoms with van der Waals surface area (Å²) >= 11 is 1.51. The Kier molecular flexibility index (Phi) is 4.92. The maximum atomic E-state index is 12.5. The normalized spacial score (nSPS) is 16.4. The van der Waals surface area contributed by atoms with Gasteiger partial charge in [-0.05, 0) is 56.2 Å². The number of nitrogens with one attached hydrogen (secondary N) is 2. The third-order valence-electron chi connectivity index (χ3n) is 5.75. The average Bonchev–Trinajstić information content (AvgIpc) is 3.51. The fourth-order valence-corrected chi connectivity index (χ4v) is 5.01. The van der Waals surface area contributed by atoms with Crippen molar-refractivity contribution < 1.29 is 4.79 Å². The van der Waals surface area contributed by atoms with Gasteiger partial charge in [-0.25, -0.2) is 4.98 Å². The third kappa shape index (κ3) is 3.66. The molecule has 4 aromatic rings. The molecule has 0 bridgehead atoms. The van der Waals surface area contributed by atoms with Gasteiger partial charge in [-0.2, -0.15) is 5.26 Å². The summed E-state index contributed by atoms with van der Waals surface area (Å²) < 4.78 is 0. The lowest BCUT2D eigenvalue weighted by Crippen LogP contribution is -2.32. The zero-order valence-corrected chi connectivity index (χ0v) is 17.9. The van der Waals surface area contributed by atoms with E-state index in [1.807, 2.05) is 47.5 Å². The van der Waals surface area contributed by atoms with Crippen LogP contribution >= 0.6 is 11.3 Å². The second kappa shape index (κ2) is 7.89. The van der Waals surface area contributed by atoms with Crippen molar-refractivity contribution in [2.45, 2.75) is 25.8 Å². The molecule has 1 aliphatic heterocycles. The standard InChI is InChI=1S/C24H21N5OS/c1-15-3-2-10-29(15)22(30)7-5-19-12-20-23(17(13-25)14-27-24(20)31-19)28-18-4-6-21-16(11-18)8-9-26-21/h4-9,11-12,14-15,26H,2-3,10H2,1H3,(H,27,28)/b7-5+. The van der Waals surface area contributed by atoms with Crippen molar-refractivity contribution in [1.29, 1.82) is 5.26 Å². The maximum Gasteiger partial charge on any atom is 0.246 e. The molecule has 3 aromatic heterocycles. The Labute approximate surface area is 183 Å². The highest BCUT2D eigenvalue weighted by molar-refractivity contribution is 7.19. The Morgan fingerprint density at radius 3 is 3.10 bits per heavy atom. The molecule has 1 aromatic carbocycles. The highest BCUT2D eigenvalue weighted by Gasteiger charge is 2.23. The summed E-state index contributed by atoms with van der Waals surface area (Å²) in [4.78, 5) is 23.8. The van der Waals surface area contributed by atoms with Crippen molar-refractivity contribution >= 4 is 55.8 Å². The van der Waals surface area contributed by atoms with Crippen molar-refractivity contribution in [3.63, 3.8) is 0 Å². The lowest BCUT2D eigenvalue weighted by molar-refractivity contribution is -0.126. The largest absolute Gasteiger partial charge is 0.361 e. The number of anilines is 2. The molecule has 154 valence electrons. The number of benzene rings is 1. The van der Waals surface area contributed by atoms with Gasteiger partial charge >= 0.3 is 0 Å². The van der Waals surface area contributed by atoms with Crippen LogP contribution in [0.5, 0.6) is 0 Å². The summed E-state index contributed by atoms with van der Waals surface area (Å²) in [7, 11) is 0. The second-order valence-corrected chi connectivity index (χ2v) is 8.85. The van der Waals surface area contributed by atoms with Gasteiger partial charge in [-0.15, -0.1) is 11.3 Å². The van der Waals surface area contributed by atoms with Crippen molar-refractivity contribution in [2.24, 2.45) is 0 Å². The van der Waals surface area contributed by atoms with Crippen LogP contribution in [0.25, 0.3) is 27.2 Å². The number of H-pyrrole nitrogens is 1. The van der Waals surface area contributed by atoms with E-state index in [1.165, 1.54) is 11.3 Å². The number of hydrogen-bond acceptors (Lipinski definition) is 5. The number of pyridine rings is 1. The summed E-state index contributed by atoms with van der Waals surface area (Å²) in [5, 5.41) is 15.0. The summed E-state index contributed by atoms with van der Waals surface area (Å²) in [5.74, 6) is 0.0475. The quantitative estimate of drug-likeness (QED) is 0.426. The highest BCUT2D eigenvalue weighted by atomic mass is 32.1. The number of hydrogen-bond donors (Lipinski definition) is 2. The van der Waals surface area contributed by atoms with Gasteiger partial charge in [0.1, 0.15) is 10.9 Å². The summed E-state index contributed by atoms with van der Waals surface area (Å²) in [6, 6.07) is 12.6. The number of nitriles is 1. The van der Waals surface area contributed by atoms with E-state index < -0.39 is 0 Å². The Morgan fingerprint density at radius 1 is 1.39 bits per heavy atom. The molecule has 1 aliphatic rings. The molecule has 31 heavy (non-hydrogen) atoms. The Bertz CT molecular complexity index is 1360. The second-order valence-electron chi connectivity index (χ2n) is 7.79. The molecular formula is C24H21N5OS. The minimum Gasteiger partial charge on any atom is -0.361 e. The van der Waals surface area contributed by atoms with Crippen LogP contribution < -0.4 is 5.32 Å². The Hall–Kier alpha value is -3.63. The van der Waals surface area contributed by atoms with Gasteiger partial charge in [0.25, 0.3) is 0 Å². The molecule has 1 saturated heterocycles. The SMILES string of the molecule is CC1CCCN1C(=O)/C=C/c1cc2c(Nc3ccc4[nH]ccc4c3)c(C#N)cnc2s1. The molecule has 1 amide bonds. The van der Waals surface area contributed by atoms with Crippen LogP contribution in [-0.4, -0.2) is 33.4 Å². The third-order valence-corrected chi connectivity index (χ3v) is 6.76.